The van der Waals surface area contributed by atoms with Crippen molar-refractivity contribution in [2.75, 3.05) is 36.0 Å². The SMILES string of the molecule is Cc1ccc(-c2cc(N3CCN(c4cc(-c5ccccc5)nc(C)n4)CC3)nc(C)n2)cc1. The van der Waals surface area contributed by atoms with Crippen LogP contribution in [0.15, 0.2) is 66.7 Å². The fourth-order valence-corrected chi connectivity index (χ4v) is 4.22. The Hall–Kier alpha value is -3.80. The molecule has 1 saturated heterocycles. The highest BCUT2D eigenvalue weighted by atomic mass is 15.3. The van der Waals surface area contributed by atoms with Gasteiger partial charge in [-0.05, 0) is 20.8 Å². The third-order valence-corrected chi connectivity index (χ3v) is 5.99. The smallest absolute Gasteiger partial charge is 0.132 e. The summed E-state index contributed by atoms with van der Waals surface area (Å²) in [5.41, 5.74) is 5.42. The first kappa shape index (κ1) is 21.1. The molecule has 1 aliphatic heterocycles. The molecule has 166 valence electrons. The number of benzene rings is 2. The van der Waals surface area contributed by atoms with Gasteiger partial charge in [0.05, 0.1) is 11.4 Å². The zero-order valence-electron chi connectivity index (χ0n) is 19.4. The summed E-state index contributed by atoms with van der Waals surface area (Å²) in [6, 6.07) is 23.0. The van der Waals surface area contributed by atoms with Crippen LogP contribution in [0.5, 0.6) is 0 Å². The van der Waals surface area contributed by atoms with Crippen molar-refractivity contribution < 1.29 is 0 Å². The maximum Gasteiger partial charge on any atom is 0.132 e. The van der Waals surface area contributed by atoms with E-state index < -0.39 is 0 Å². The Morgan fingerprint density at radius 3 is 1.48 bits per heavy atom. The predicted molar refractivity (Wildman–Crippen MR) is 134 cm³/mol. The third-order valence-electron chi connectivity index (χ3n) is 5.99. The van der Waals surface area contributed by atoms with Crippen LogP contribution in [0, 0.1) is 20.8 Å². The van der Waals surface area contributed by atoms with E-state index in [-0.39, 0.29) is 0 Å². The third kappa shape index (κ3) is 4.70. The minimum absolute atomic E-state index is 0.794. The summed E-state index contributed by atoms with van der Waals surface area (Å²) in [5, 5.41) is 0. The largest absolute Gasteiger partial charge is 0.353 e. The number of aryl methyl sites for hydroxylation is 3. The monoisotopic (exact) mass is 436 g/mol. The normalized spacial score (nSPS) is 13.9. The van der Waals surface area contributed by atoms with Gasteiger partial charge >= 0.3 is 0 Å². The molecule has 0 bridgehead atoms. The summed E-state index contributed by atoms with van der Waals surface area (Å²) in [7, 11) is 0. The Morgan fingerprint density at radius 1 is 0.545 bits per heavy atom. The summed E-state index contributed by atoms with van der Waals surface area (Å²) in [6.07, 6.45) is 0. The topological polar surface area (TPSA) is 58.0 Å². The van der Waals surface area contributed by atoms with Crippen LogP contribution in [-0.2, 0) is 0 Å². The molecule has 4 aromatic rings. The molecule has 0 amide bonds. The quantitative estimate of drug-likeness (QED) is 0.456. The van der Waals surface area contributed by atoms with Crippen molar-refractivity contribution in [3.05, 3.63) is 83.9 Å². The Kier molecular flexibility index (Phi) is 5.73. The van der Waals surface area contributed by atoms with Crippen molar-refractivity contribution in [1.29, 1.82) is 0 Å². The molecule has 2 aromatic heterocycles. The number of nitrogens with zero attached hydrogens (tertiary/aromatic N) is 6. The van der Waals surface area contributed by atoms with E-state index in [0.29, 0.717) is 0 Å². The fourth-order valence-electron chi connectivity index (χ4n) is 4.22. The number of piperazine rings is 1. The molecule has 6 heteroatoms. The molecule has 1 aliphatic rings. The maximum absolute atomic E-state index is 4.74. The number of hydrogen-bond acceptors (Lipinski definition) is 6. The Bertz CT molecular complexity index is 1250. The molecule has 5 rings (SSSR count). The van der Waals surface area contributed by atoms with Crippen LogP contribution in [0.2, 0.25) is 0 Å². The summed E-state index contributed by atoms with van der Waals surface area (Å²) in [5.74, 6) is 3.56. The van der Waals surface area contributed by atoms with Crippen molar-refractivity contribution in [1.82, 2.24) is 19.9 Å². The lowest BCUT2D eigenvalue weighted by Crippen LogP contribution is -2.47. The zero-order valence-corrected chi connectivity index (χ0v) is 19.4. The van der Waals surface area contributed by atoms with Crippen LogP contribution in [0.25, 0.3) is 22.5 Å². The maximum atomic E-state index is 4.74. The van der Waals surface area contributed by atoms with Gasteiger partial charge in [-0.15, -0.1) is 0 Å². The van der Waals surface area contributed by atoms with Gasteiger partial charge in [0, 0.05) is 49.4 Å². The molecule has 3 heterocycles. The number of aromatic nitrogens is 4. The minimum Gasteiger partial charge on any atom is -0.353 e. The van der Waals surface area contributed by atoms with Crippen molar-refractivity contribution >= 4 is 11.6 Å². The molecule has 0 spiro atoms. The highest BCUT2D eigenvalue weighted by Gasteiger charge is 2.21. The number of hydrogen-bond donors (Lipinski definition) is 0. The molecule has 0 unspecified atom stereocenters. The molecule has 6 nitrogen and oxygen atoms in total. The summed E-state index contributed by atoms with van der Waals surface area (Å²) in [6.45, 7) is 9.55. The Morgan fingerprint density at radius 2 is 1.00 bits per heavy atom. The fraction of sp³-hybridized carbons (Fsp3) is 0.259. The van der Waals surface area contributed by atoms with Gasteiger partial charge in [-0.25, -0.2) is 19.9 Å². The summed E-state index contributed by atoms with van der Waals surface area (Å²) in [4.78, 5) is 23.5. The van der Waals surface area contributed by atoms with Crippen LogP contribution in [0.3, 0.4) is 0 Å². The van der Waals surface area contributed by atoms with E-state index in [4.69, 9.17) is 9.97 Å². The van der Waals surface area contributed by atoms with Gasteiger partial charge in [0.2, 0.25) is 0 Å². The van der Waals surface area contributed by atoms with Gasteiger partial charge < -0.3 is 9.80 Å². The molecule has 2 aromatic carbocycles. The Balaban J connectivity index is 1.34. The molecule has 0 N–H and O–H groups in total. The zero-order chi connectivity index (χ0) is 22.8. The van der Waals surface area contributed by atoms with Crippen LogP contribution in [0.4, 0.5) is 11.6 Å². The second kappa shape index (κ2) is 8.98. The van der Waals surface area contributed by atoms with E-state index >= 15 is 0 Å². The average Bonchev–Trinajstić information content (AvgIpc) is 2.84. The predicted octanol–water partition coefficient (Wildman–Crippen LogP) is 4.85. The van der Waals surface area contributed by atoms with Gasteiger partial charge in [0.25, 0.3) is 0 Å². The van der Waals surface area contributed by atoms with E-state index in [0.717, 1.165) is 72.0 Å². The van der Waals surface area contributed by atoms with Crippen molar-refractivity contribution in [3.8, 4) is 22.5 Å². The van der Waals surface area contributed by atoms with Crippen LogP contribution < -0.4 is 9.80 Å². The standard InChI is InChI=1S/C27H28N6/c1-19-9-11-23(12-10-19)25-18-27(31-21(3)29-25)33-15-13-32(14-16-33)26-17-24(28-20(2)30-26)22-7-5-4-6-8-22/h4-12,17-18H,13-16H2,1-3H3. The molecular formula is C27H28N6. The molecule has 0 radical (unpaired) electrons. The second-order valence-electron chi connectivity index (χ2n) is 8.52. The highest BCUT2D eigenvalue weighted by Crippen LogP contribution is 2.26. The first-order valence-corrected chi connectivity index (χ1v) is 11.4. The van der Waals surface area contributed by atoms with Gasteiger partial charge in [-0.3, -0.25) is 0 Å². The van der Waals surface area contributed by atoms with Gasteiger partial charge in [-0.1, -0.05) is 60.2 Å². The van der Waals surface area contributed by atoms with Crippen molar-refractivity contribution in [2.45, 2.75) is 20.8 Å². The van der Waals surface area contributed by atoms with E-state index in [1.807, 2.05) is 32.0 Å². The van der Waals surface area contributed by atoms with Crippen LogP contribution in [-0.4, -0.2) is 46.1 Å². The van der Waals surface area contributed by atoms with Crippen molar-refractivity contribution in [2.24, 2.45) is 0 Å². The molecule has 1 fully saturated rings. The molecule has 0 saturated carbocycles. The number of anilines is 2. The van der Waals surface area contributed by atoms with Crippen LogP contribution in [0.1, 0.15) is 17.2 Å². The lowest BCUT2D eigenvalue weighted by Gasteiger charge is -2.36. The molecule has 0 aliphatic carbocycles. The van der Waals surface area contributed by atoms with Gasteiger partial charge in [0.15, 0.2) is 0 Å². The van der Waals surface area contributed by atoms with Crippen molar-refractivity contribution in [3.63, 3.8) is 0 Å². The lowest BCUT2D eigenvalue weighted by atomic mass is 10.1. The molecular weight excluding hydrogens is 408 g/mol. The average molecular weight is 437 g/mol. The first-order chi connectivity index (χ1) is 16.0. The minimum atomic E-state index is 0.794. The number of rotatable bonds is 4. The lowest BCUT2D eigenvalue weighted by molar-refractivity contribution is 0.639. The Labute approximate surface area is 195 Å². The van der Waals surface area contributed by atoms with E-state index in [9.17, 15) is 0 Å². The van der Waals surface area contributed by atoms with E-state index in [2.05, 4.69) is 75.2 Å². The van der Waals surface area contributed by atoms with E-state index in [1.165, 1.54) is 5.56 Å². The van der Waals surface area contributed by atoms with Crippen LogP contribution >= 0.6 is 0 Å². The molecule has 33 heavy (non-hydrogen) atoms. The summed E-state index contributed by atoms with van der Waals surface area (Å²) >= 11 is 0. The highest BCUT2D eigenvalue weighted by molar-refractivity contribution is 5.65. The summed E-state index contributed by atoms with van der Waals surface area (Å²) < 4.78 is 0. The molecule has 0 atom stereocenters. The van der Waals surface area contributed by atoms with Gasteiger partial charge in [-0.2, -0.15) is 0 Å². The second-order valence-corrected chi connectivity index (χ2v) is 8.52. The first-order valence-electron chi connectivity index (χ1n) is 11.4. The van der Waals surface area contributed by atoms with E-state index in [1.54, 1.807) is 0 Å². The van der Waals surface area contributed by atoms with Gasteiger partial charge in [0.1, 0.15) is 23.3 Å².